The molecule has 0 fully saturated rings. The van der Waals surface area contributed by atoms with Crippen LogP contribution in [0.15, 0.2) is 48.5 Å². The Hall–Kier alpha value is -3.22. The van der Waals surface area contributed by atoms with Crippen molar-refractivity contribution in [1.82, 2.24) is 0 Å². The maximum absolute atomic E-state index is 12.2. The van der Waals surface area contributed by atoms with E-state index in [0.29, 0.717) is 0 Å². The highest BCUT2D eigenvalue weighted by molar-refractivity contribution is 5.98. The molecule has 0 aliphatic rings. The Morgan fingerprint density at radius 2 is 1.61 bits per heavy atom. The van der Waals surface area contributed by atoms with Gasteiger partial charge in [-0.2, -0.15) is 0 Å². The van der Waals surface area contributed by atoms with E-state index < -0.39 is 16.9 Å². The first-order valence-electron chi connectivity index (χ1n) is 6.76. The van der Waals surface area contributed by atoms with Crippen LogP contribution in [0.4, 0.5) is 5.69 Å². The summed E-state index contributed by atoms with van der Waals surface area (Å²) in [4.78, 5) is 34.3. The molecule has 0 heterocycles. The largest absolute Gasteiger partial charge is 0.462 e. The molecule has 0 atom stereocenters. The number of nitro groups is 1. The number of rotatable bonds is 5. The number of hydrogen-bond acceptors (Lipinski definition) is 6. The third kappa shape index (κ3) is 3.70. The van der Waals surface area contributed by atoms with Crippen LogP contribution >= 0.6 is 0 Å². The minimum absolute atomic E-state index is 0.0194. The highest BCUT2D eigenvalue weighted by Crippen LogP contribution is 2.23. The van der Waals surface area contributed by atoms with Crippen molar-refractivity contribution < 1.29 is 24.0 Å². The molecule has 7 heteroatoms. The molecule has 0 N–H and O–H groups in total. The zero-order valence-electron chi connectivity index (χ0n) is 12.2. The smallest absolute Gasteiger partial charge is 0.350 e. The van der Waals surface area contributed by atoms with Gasteiger partial charge >= 0.3 is 11.9 Å². The van der Waals surface area contributed by atoms with E-state index in [1.165, 1.54) is 36.4 Å². The van der Waals surface area contributed by atoms with Gasteiger partial charge in [-0.05, 0) is 25.1 Å². The van der Waals surface area contributed by atoms with Gasteiger partial charge in [-0.1, -0.05) is 24.3 Å². The summed E-state index contributed by atoms with van der Waals surface area (Å²) in [5.74, 6) is -1.58. The van der Waals surface area contributed by atoms with Crippen molar-refractivity contribution in [3.05, 3.63) is 69.8 Å². The van der Waals surface area contributed by atoms with E-state index in [1.807, 2.05) is 0 Å². The van der Waals surface area contributed by atoms with Crippen molar-refractivity contribution in [2.45, 2.75) is 6.92 Å². The van der Waals surface area contributed by atoms with Gasteiger partial charge in [0.1, 0.15) is 16.9 Å². The monoisotopic (exact) mass is 315 g/mol. The van der Waals surface area contributed by atoms with Crippen molar-refractivity contribution in [2.75, 3.05) is 6.61 Å². The van der Waals surface area contributed by atoms with Crippen LogP contribution < -0.4 is 4.74 Å². The third-order valence-corrected chi connectivity index (χ3v) is 2.91. The predicted molar refractivity (Wildman–Crippen MR) is 80.5 cm³/mol. The lowest BCUT2D eigenvalue weighted by molar-refractivity contribution is -0.385. The number of carbonyl (C=O) groups is 2. The van der Waals surface area contributed by atoms with Crippen LogP contribution in [0.3, 0.4) is 0 Å². The molecule has 2 rings (SSSR count). The highest BCUT2D eigenvalue weighted by Gasteiger charge is 2.23. The fourth-order valence-corrected chi connectivity index (χ4v) is 1.89. The summed E-state index contributed by atoms with van der Waals surface area (Å²) < 4.78 is 10.0. The first-order chi connectivity index (χ1) is 11.0. The molecule has 0 bridgehead atoms. The second kappa shape index (κ2) is 7.17. The number of carbonyl (C=O) groups excluding carboxylic acids is 2. The van der Waals surface area contributed by atoms with Gasteiger partial charge in [0.05, 0.1) is 11.5 Å². The SMILES string of the molecule is CCOC(=O)c1ccccc1OC(=O)c1ccccc1[N+](=O)[O-]. The topological polar surface area (TPSA) is 95.7 Å². The molecule has 23 heavy (non-hydrogen) atoms. The summed E-state index contributed by atoms with van der Waals surface area (Å²) >= 11 is 0. The summed E-state index contributed by atoms with van der Waals surface area (Å²) in [7, 11) is 0. The molecule has 0 radical (unpaired) electrons. The summed E-state index contributed by atoms with van der Waals surface area (Å²) in [6, 6.07) is 11.4. The average molecular weight is 315 g/mol. The number of ether oxygens (including phenoxy) is 2. The molecular formula is C16H13NO6. The van der Waals surface area contributed by atoms with Gasteiger partial charge in [-0.15, -0.1) is 0 Å². The molecular weight excluding hydrogens is 302 g/mol. The summed E-state index contributed by atoms with van der Waals surface area (Å²) in [6.07, 6.45) is 0. The lowest BCUT2D eigenvalue weighted by atomic mass is 10.1. The summed E-state index contributed by atoms with van der Waals surface area (Å²) in [5, 5.41) is 11.0. The fourth-order valence-electron chi connectivity index (χ4n) is 1.89. The number of esters is 2. The van der Waals surface area contributed by atoms with Gasteiger partial charge in [-0.25, -0.2) is 9.59 Å². The minimum atomic E-state index is -0.922. The first kappa shape index (κ1) is 16.2. The molecule has 2 aromatic carbocycles. The van der Waals surface area contributed by atoms with E-state index >= 15 is 0 Å². The number of para-hydroxylation sites is 2. The van der Waals surface area contributed by atoms with Crippen LogP contribution in [0.2, 0.25) is 0 Å². The fraction of sp³-hybridized carbons (Fsp3) is 0.125. The van der Waals surface area contributed by atoms with Crippen LogP contribution in [0.25, 0.3) is 0 Å². The summed E-state index contributed by atoms with van der Waals surface area (Å²) in [6.45, 7) is 1.82. The van der Waals surface area contributed by atoms with E-state index in [9.17, 15) is 19.7 Å². The molecule has 7 nitrogen and oxygen atoms in total. The Balaban J connectivity index is 2.32. The minimum Gasteiger partial charge on any atom is -0.462 e. The van der Waals surface area contributed by atoms with E-state index in [1.54, 1.807) is 19.1 Å². The molecule has 0 saturated carbocycles. The number of nitro benzene ring substituents is 1. The van der Waals surface area contributed by atoms with Crippen LogP contribution in [-0.4, -0.2) is 23.5 Å². The average Bonchev–Trinajstić information content (AvgIpc) is 2.55. The molecule has 0 aromatic heterocycles. The Morgan fingerprint density at radius 3 is 2.26 bits per heavy atom. The summed E-state index contributed by atoms with van der Waals surface area (Å²) in [5.41, 5.74) is -0.497. The van der Waals surface area contributed by atoms with E-state index in [-0.39, 0.29) is 29.2 Å². The molecule has 0 amide bonds. The second-order valence-electron chi connectivity index (χ2n) is 4.38. The zero-order valence-corrected chi connectivity index (χ0v) is 12.2. The van der Waals surface area contributed by atoms with Crippen molar-refractivity contribution in [3.8, 4) is 5.75 Å². The Morgan fingerprint density at radius 1 is 1.00 bits per heavy atom. The van der Waals surface area contributed by atoms with Gasteiger partial charge in [0.25, 0.3) is 5.69 Å². The van der Waals surface area contributed by atoms with Crippen molar-refractivity contribution in [1.29, 1.82) is 0 Å². The molecule has 0 aliphatic carbocycles. The standard InChI is InChI=1S/C16H13NO6/c1-2-22-15(18)12-8-4-6-10-14(12)23-16(19)11-7-3-5-9-13(11)17(20)21/h3-10H,2H2,1H3. The molecule has 0 saturated heterocycles. The van der Waals surface area contributed by atoms with E-state index in [2.05, 4.69) is 0 Å². The van der Waals surface area contributed by atoms with Gasteiger partial charge in [0.2, 0.25) is 0 Å². The lowest BCUT2D eigenvalue weighted by Crippen LogP contribution is -2.14. The van der Waals surface area contributed by atoms with E-state index in [4.69, 9.17) is 9.47 Å². The quantitative estimate of drug-likeness (QED) is 0.364. The Labute approximate surface area is 131 Å². The lowest BCUT2D eigenvalue weighted by Gasteiger charge is -2.09. The first-order valence-corrected chi connectivity index (χ1v) is 6.76. The highest BCUT2D eigenvalue weighted by atomic mass is 16.6. The molecule has 118 valence electrons. The maximum Gasteiger partial charge on any atom is 0.350 e. The van der Waals surface area contributed by atoms with Crippen molar-refractivity contribution in [2.24, 2.45) is 0 Å². The molecule has 0 spiro atoms. The van der Waals surface area contributed by atoms with Gasteiger partial charge in [0.15, 0.2) is 0 Å². The maximum atomic E-state index is 12.2. The number of benzene rings is 2. The number of hydrogen-bond donors (Lipinski definition) is 0. The normalized spacial score (nSPS) is 9.96. The van der Waals surface area contributed by atoms with Gasteiger partial charge in [-0.3, -0.25) is 10.1 Å². The van der Waals surface area contributed by atoms with Crippen LogP contribution in [0, 0.1) is 10.1 Å². The van der Waals surface area contributed by atoms with Gasteiger partial charge < -0.3 is 9.47 Å². The molecule has 0 aliphatic heterocycles. The Kier molecular flexibility index (Phi) is 5.03. The Bertz CT molecular complexity index is 756. The molecule has 0 unspecified atom stereocenters. The number of nitrogens with zero attached hydrogens (tertiary/aromatic N) is 1. The van der Waals surface area contributed by atoms with E-state index in [0.717, 1.165) is 0 Å². The second-order valence-corrected chi connectivity index (χ2v) is 4.38. The van der Waals surface area contributed by atoms with Gasteiger partial charge in [0, 0.05) is 6.07 Å². The van der Waals surface area contributed by atoms with Crippen LogP contribution in [0.1, 0.15) is 27.6 Å². The molecule has 2 aromatic rings. The predicted octanol–water partition coefficient (Wildman–Crippen LogP) is 2.99. The van der Waals surface area contributed by atoms with Crippen LogP contribution in [-0.2, 0) is 4.74 Å². The zero-order chi connectivity index (χ0) is 16.8. The van der Waals surface area contributed by atoms with Crippen LogP contribution in [0.5, 0.6) is 5.75 Å². The third-order valence-electron chi connectivity index (χ3n) is 2.91. The van der Waals surface area contributed by atoms with Crippen molar-refractivity contribution >= 4 is 17.6 Å². The van der Waals surface area contributed by atoms with Crippen molar-refractivity contribution in [3.63, 3.8) is 0 Å².